The number of hydrogen-bond donors (Lipinski definition) is 1. The standard InChI is InChI=1S/C17H17Cl2N.ClH/c1-20-17(13-8-9-15(18)16(19)11-13)10-4-6-12-5-2-3-7-14(12)17;/h2-3,5,7-9,11,20H,4,6,10H2,1H3;1H. The molecule has 0 bridgehead atoms. The van der Waals surface area contributed by atoms with Gasteiger partial charge in [-0.3, -0.25) is 0 Å². The fraction of sp³-hybridized carbons (Fsp3) is 0.294. The number of benzene rings is 2. The van der Waals surface area contributed by atoms with E-state index in [1.807, 2.05) is 19.2 Å². The van der Waals surface area contributed by atoms with Crippen LogP contribution in [0.5, 0.6) is 0 Å². The van der Waals surface area contributed by atoms with Gasteiger partial charge in [-0.25, -0.2) is 0 Å². The second-order valence-electron chi connectivity index (χ2n) is 5.29. The lowest BCUT2D eigenvalue weighted by Crippen LogP contribution is -2.43. The van der Waals surface area contributed by atoms with Gasteiger partial charge in [-0.05, 0) is 55.1 Å². The van der Waals surface area contributed by atoms with Gasteiger partial charge in [0.05, 0.1) is 15.6 Å². The topological polar surface area (TPSA) is 12.0 Å². The first-order valence-corrected chi connectivity index (χ1v) is 7.66. The van der Waals surface area contributed by atoms with Gasteiger partial charge in [0.1, 0.15) is 0 Å². The Morgan fingerprint density at radius 3 is 2.52 bits per heavy atom. The summed E-state index contributed by atoms with van der Waals surface area (Å²) in [6, 6.07) is 14.6. The van der Waals surface area contributed by atoms with Gasteiger partial charge in [-0.1, -0.05) is 53.5 Å². The number of halogens is 3. The van der Waals surface area contributed by atoms with E-state index in [1.165, 1.54) is 16.7 Å². The number of hydrogen-bond acceptors (Lipinski definition) is 1. The molecule has 1 aliphatic carbocycles. The molecular weight excluding hydrogens is 325 g/mol. The minimum Gasteiger partial charge on any atom is -0.307 e. The van der Waals surface area contributed by atoms with Gasteiger partial charge in [0.15, 0.2) is 0 Å². The van der Waals surface area contributed by atoms with Gasteiger partial charge < -0.3 is 5.32 Å². The predicted molar refractivity (Wildman–Crippen MR) is 92.9 cm³/mol. The number of rotatable bonds is 2. The van der Waals surface area contributed by atoms with Crippen molar-refractivity contribution in [3.63, 3.8) is 0 Å². The van der Waals surface area contributed by atoms with Gasteiger partial charge in [0, 0.05) is 0 Å². The van der Waals surface area contributed by atoms with Crippen molar-refractivity contribution in [1.82, 2.24) is 5.32 Å². The lowest BCUT2D eigenvalue weighted by atomic mass is 9.72. The first kappa shape index (κ1) is 16.6. The third-order valence-corrected chi connectivity index (χ3v) is 5.05. The zero-order chi connectivity index (χ0) is 14.2. The quantitative estimate of drug-likeness (QED) is 0.789. The third-order valence-electron chi connectivity index (χ3n) is 4.31. The molecule has 0 amide bonds. The molecule has 2 aromatic carbocycles. The van der Waals surface area contributed by atoms with E-state index in [0.29, 0.717) is 10.0 Å². The molecule has 0 saturated heterocycles. The molecule has 0 aliphatic heterocycles. The average molecular weight is 343 g/mol. The smallest absolute Gasteiger partial charge is 0.0691 e. The van der Waals surface area contributed by atoms with Crippen molar-refractivity contribution in [3.8, 4) is 0 Å². The fourth-order valence-corrected chi connectivity index (χ4v) is 3.60. The normalized spacial score (nSPS) is 20.5. The number of fused-ring (bicyclic) bond motifs is 1. The maximum atomic E-state index is 6.22. The summed E-state index contributed by atoms with van der Waals surface area (Å²) in [6.07, 6.45) is 3.37. The van der Waals surface area contributed by atoms with Gasteiger partial charge in [0.2, 0.25) is 0 Å². The lowest BCUT2D eigenvalue weighted by Gasteiger charge is -2.40. The van der Waals surface area contributed by atoms with Crippen LogP contribution < -0.4 is 5.32 Å². The largest absolute Gasteiger partial charge is 0.307 e. The molecule has 1 unspecified atom stereocenters. The molecule has 4 heteroatoms. The van der Waals surface area contributed by atoms with Crippen molar-refractivity contribution in [2.24, 2.45) is 0 Å². The summed E-state index contributed by atoms with van der Waals surface area (Å²) < 4.78 is 0. The Bertz CT molecular complexity index is 642. The van der Waals surface area contributed by atoms with E-state index in [2.05, 4.69) is 35.6 Å². The van der Waals surface area contributed by atoms with Gasteiger partial charge in [-0.15, -0.1) is 12.4 Å². The molecule has 1 N–H and O–H groups in total. The van der Waals surface area contributed by atoms with Gasteiger partial charge in [-0.2, -0.15) is 0 Å². The Kier molecular flexibility index (Phi) is 5.21. The summed E-state index contributed by atoms with van der Waals surface area (Å²) in [5.74, 6) is 0. The zero-order valence-electron chi connectivity index (χ0n) is 11.8. The van der Waals surface area contributed by atoms with Crippen LogP contribution in [0, 0.1) is 0 Å². The third kappa shape index (κ3) is 2.80. The maximum absolute atomic E-state index is 6.22. The molecule has 0 fully saturated rings. The minimum atomic E-state index is -0.164. The summed E-state index contributed by atoms with van der Waals surface area (Å²) in [7, 11) is 2.02. The predicted octanol–water partition coefficient (Wildman–Crippen LogP) is 5.21. The monoisotopic (exact) mass is 341 g/mol. The summed E-state index contributed by atoms with van der Waals surface area (Å²) in [5.41, 5.74) is 3.79. The molecule has 21 heavy (non-hydrogen) atoms. The highest BCUT2D eigenvalue weighted by Crippen LogP contribution is 2.41. The molecule has 1 atom stereocenters. The Hall–Kier alpha value is -0.730. The molecule has 0 spiro atoms. The highest BCUT2D eigenvalue weighted by Gasteiger charge is 2.36. The fourth-order valence-electron chi connectivity index (χ4n) is 3.30. The van der Waals surface area contributed by atoms with Crippen LogP contribution in [-0.4, -0.2) is 7.05 Å². The van der Waals surface area contributed by atoms with Crippen LogP contribution in [0.25, 0.3) is 0 Å². The SMILES string of the molecule is CNC1(c2ccc(Cl)c(Cl)c2)CCCc2ccccc21.Cl. The number of nitrogens with one attached hydrogen (secondary N) is 1. The molecule has 1 aliphatic rings. The van der Waals surface area contributed by atoms with Crippen LogP contribution in [-0.2, 0) is 12.0 Å². The van der Waals surface area contributed by atoms with E-state index in [9.17, 15) is 0 Å². The second kappa shape index (κ2) is 6.58. The van der Waals surface area contributed by atoms with E-state index >= 15 is 0 Å². The molecule has 0 radical (unpaired) electrons. The average Bonchev–Trinajstić information content (AvgIpc) is 2.49. The highest BCUT2D eigenvalue weighted by molar-refractivity contribution is 6.42. The summed E-state index contributed by atoms with van der Waals surface area (Å²) in [4.78, 5) is 0. The van der Waals surface area contributed by atoms with E-state index in [-0.39, 0.29) is 17.9 Å². The first-order valence-electron chi connectivity index (χ1n) is 6.90. The summed E-state index contributed by atoms with van der Waals surface area (Å²) in [5, 5.41) is 4.75. The molecule has 0 heterocycles. The van der Waals surface area contributed by atoms with Crippen molar-refractivity contribution >= 4 is 35.6 Å². The van der Waals surface area contributed by atoms with Crippen molar-refractivity contribution in [2.45, 2.75) is 24.8 Å². The Balaban J connectivity index is 0.00000161. The van der Waals surface area contributed by atoms with E-state index in [0.717, 1.165) is 19.3 Å². The van der Waals surface area contributed by atoms with Crippen LogP contribution in [0.1, 0.15) is 29.5 Å². The minimum absolute atomic E-state index is 0. The molecule has 2 aromatic rings. The van der Waals surface area contributed by atoms with Crippen molar-refractivity contribution in [2.75, 3.05) is 7.05 Å². The number of aryl methyl sites for hydroxylation is 1. The molecule has 3 rings (SSSR count). The van der Waals surface area contributed by atoms with E-state index in [4.69, 9.17) is 23.2 Å². The summed E-state index contributed by atoms with van der Waals surface area (Å²) >= 11 is 12.3. The second-order valence-corrected chi connectivity index (χ2v) is 6.11. The van der Waals surface area contributed by atoms with Crippen LogP contribution in [0.2, 0.25) is 10.0 Å². The van der Waals surface area contributed by atoms with Crippen molar-refractivity contribution < 1.29 is 0 Å². The Labute approximate surface area is 142 Å². The van der Waals surface area contributed by atoms with Crippen LogP contribution >= 0.6 is 35.6 Å². The molecule has 0 saturated carbocycles. The zero-order valence-corrected chi connectivity index (χ0v) is 14.2. The molecule has 0 aromatic heterocycles. The Morgan fingerprint density at radius 1 is 1.05 bits per heavy atom. The maximum Gasteiger partial charge on any atom is 0.0691 e. The first-order chi connectivity index (χ1) is 9.67. The van der Waals surface area contributed by atoms with E-state index < -0.39 is 0 Å². The lowest BCUT2D eigenvalue weighted by molar-refractivity contribution is 0.370. The van der Waals surface area contributed by atoms with Gasteiger partial charge in [0.25, 0.3) is 0 Å². The van der Waals surface area contributed by atoms with Gasteiger partial charge >= 0.3 is 0 Å². The van der Waals surface area contributed by atoms with Crippen LogP contribution in [0.15, 0.2) is 42.5 Å². The molecule has 1 nitrogen and oxygen atoms in total. The molecular formula is C17H18Cl3N. The van der Waals surface area contributed by atoms with Crippen LogP contribution in [0.4, 0.5) is 0 Å². The summed E-state index contributed by atoms with van der Waals surface area (Å²) in [6.45, 7) is 0. The van der Waals surface area contributed by atoms with Crippen molar-refractivity contribution in [3.05, 3.63) is 69.2 Å². The van der Waals surface area contributed by atoms with E-state index in [1.54, 1.807) is 0 Å². The van der Waals surface area contributed by atoms with Crippen molar-refractivity contribution in [1.29, 1.82) is 0 Å². The highest BCUT2D eigenvalue weighted by atomic mass is 35.5. The Morgan fingerprint density at radius 2 is 1.81 bits per heavy atom. The molecule has 112 valence electrons. The van der Waals surface area contributed by atoms with Crippen LogP contribution in [0.3, 0.4) is 0 Å².